The van der Waals surface area contributed by atoms with Crippen molar-refractivity contribution in [2.45, 2.75) is 44.6 Å². The third-order valence-corrected chi connectivity index (χ3v) is 2.95. The highest BCUT2D eigenvalue weighted by Gasteiger charge is 2.31. The van der Waals surface area contributed by atoms with Gasteiger partial charge >= 0.3 is 12.4 Å². The van der Waals surface area contributed by atoms with E-state index >= 15 is 0 Å². The predicted molar refractivity (Wildman–Crippen MR) is 69.4 cm³/mol. The normalized spacial score (nSPS) is 14.1. The fraction of sp³-hybridized carbons (Fsp3) is 0.538. The maximum absolute atomic E-state index is 12.6. The van der Waals surface area contributed by atoms with Crippen LogP contribution in [0.3, 0.4) is 0 Å². The standard InChI is InChI=1S/C13H14ClF6N/c1-8(3-2-4-12(15,16)17)21-11-6-9(13(18,19)20)5-10(14)7-11/h5-8,21H,2-4H2,1H3. The summed E-state index contributed by atoms with van der Waals surface area (Å²) in [5.74, 6) is 0. The highest BCUT2D eigenvalue weighted by Crippen LogP contribution is 2.33. The van der Waals surface area contributed by atoms with Gasteiger partial charge in [-0.15, -0.1) is 0 Å². The molecule has 0 aromatic heterocycles. The van der Waals surface area contributed by atoms with Crippen LogP contribution in [0.25, 0.3) is 0 Å². The zero-order valence-corrected chi connectivity index (χ0v) is 11.8. The molecule has 1 N–H and O–H groups in total. The van der Waals surface area contributed by atoms with Gasteiger partial charge in [-0.25, -0.2) is 0 Å². The topological polar surface area (TPSA) is 12.0 Å². The molecule has 0 aliphatic heterocycles. The van der Waals surface area contributed by atoms with E-state index < -0.39 is 30.4 Å². The van der Waals surface area contributed by atoms with Crippen molar-refractivity contribution in [1.29, 1.82) is 0 Å². The van der Waals surface area contributed by atoms with Crippen LogP contribution in [-0.2, 0) is 6.18 Å². The van der Waals surface area contributed by atoms with Crippen molar-refractivity contribution in [3.05, 3.63) is 28.8 Å². The molecule has 0 spiro atoms. The Kier molecular flexibility index (Phi) is 5.78. The smallest absolute Gasteiger partial charge is 0.383 e. The van der Waals surface area contributed by atoms with E-state index in [1.165, 1.54) is 6.07 Å². The van der Waals surface area contributed by atoms with Crippen LogP contribution in [-0.4, -0.2) is 12.2 Å². The molecule has 21 heavy (non-hydrogen) atoms. The molecule has 1 rings (SSSR count). The highest BCUT2D eigenvalue weighted by atomic mass is 35.5. The van der Waals surface area contributed by atoms with E-state index in [2.05, 4.69) is 5.32 Å². The lowest BCUT2D eigenvalue weighted by atomic mass is 10.1. The van der Waals surface area contributed by atoms with Crippen LogP contribution < -0.4 is 5.32 Å². The number of halogens is 7. The molecule has 0 saturated heterocycles. The molecule has 0 amide bonds. The van der Waals surface area contributed by atoms with Gasteiger partial charge < -0.3 is 5.32 Å². The fourth-order valence-electron chi connectivity index (χ4n) is 1.80. The van der Waals surface area contributed by atoms with Gasteiger partial charge in [0.15, 0.2) is 0 Å². The summed E-state index contributed by atoms with van der Waals surface area (Å²) < 4.78 is 73.8. The lowest BCUT2D eigenvalue weighted by molar-refractivity contribution is -0.137. The number of rotatable bonds is 5. The summed E-state index contributed by atoms with van der Waals surface area (Å²) in [5.41, 5.74) is -0.769. The van der Waals surface area contributed by atoms with Crippen LogP contribution in [0.4, 0.5) is 32.0 Å². The molecule has 120 valence electrons. The van der Waals surface area contributed by atoms with Gasteiger partial charge in [-0.3, -0.25) is 0 Å². The molecule has 0 bridgehead atoms. The Morgan fingerprint density at radius 3 is 2.24 bits per heavy atom. The lowest BCUT2D eigenvalue weighted by Gasteiger charge is -2.17. The molecule has 0 aliphatic rings. The summed E-state index contributed by atoms with van der Waals surface area (Å²) in [7, 11) is 0. The molecule has 0 radical (unpaired) electrons. The summed E-state index contributed by atoms with van der Waals surface area (Å²) in [4.78, 5) is 0. The minimum Gasteiger partial charge on any atom is -0.383 e. The second-order valence-corrected chi connectivity index (χ2v) is 5.22. The van der Waals surface area contributed by atoms with E-state index in [4.69, 9.17) is 11.6 Å². The van der Waals surface area contributed by atoms with Crippen molar-refractivity contribution in [2.75, 3.05) is 5.32 Å². The number of hydrogen-bond donors (Lipinski definition) is 1. The summed E-state index contributed by atoms with van der Waals surface area (Å²) in [5, 5.41) is 2.64. The minimum atomic E-state index is -4.53. The van der Waals surface area contributed by atoms with Crippen LogP contribution in [0.5, 0.6) is 0 Å². The van der Waals surface area contributed by atoms with Crippen molar-refractivity contribution in [3.8, 4) is 0 Å². The summed E-state index contributed by atoms with van der Waals surface area (Å²) in [6.45, 7) is 1.60. The fourth-order valence-corrected chi connectivity index (χ4v) is 2.04. The van der Waals surface area contributed by atoms with E-state index in [9.17, 15) is 26.3 Å². The first-order valence-electron chi connectivity index (χ1n) is 6.18. The molecular weight excluding hydrogens is 320 g/mol. The predicted octanol–water partition coefficient (Wildman–Crippen LogP) is 5.89. The Morgan fingerprint density at radius 2 is 1.71 bits per heavy atom. The van der Waals surface area contributed by atoms with Gasteiger partial charge in [0, 0.05) is 23.2 Å². The Bertz CT molecular complexity index is 469. The Labute approximate surface area is 123 Å². The number of anilines is 1. The first-order valence-corrected chi connectivity index (χ1v) is 6.56. The van der Waals surface area contributed by atoms with E-state index in [-0.39, 0.29) is 23.6 Å². The monoisotopic (exact) mass is 333 g/mol. The van der Waals surface area contributed by atoms with E-state index in [0.29, 0.717) is 0 Å². The zero-order valence-electron chi connectivity index (χ0n) is 11.1. The maximum Gasteiger partial charge on any atom is 0.416 e. The third kappa shape index (κ3) is 6.93. The van der Waals surface area contributed by atoms with Gasteiger partial charge in [-0.1, -0.05) is 11.6 Å². The molecule has 0 aliphatic carbocycles. The first-order chi connectivity index (χ1) is 9.47. The van der Waals surface area contributed by atoms with Crippen LogP contribution in [0.15, 0.2) is 18.2 Å². The second-order valence-electron chi connectivity index (χ2n) is 4.78. The van der Waals surface area contributed by atoms with Crippen LogP contribution in [0.2, 0.25) is 5.02 Å². The average molecular weight is 334 g/mol. The third-order valence-electron chi connectivity index (χ3n) is 2.74. The molecule has 0 saturated carbocycles. The van der Waals surface area contributed by atoms with Gasteiger partial charge in [-0.05, 0) is 38.0 Å². The summed E-state index contributed by atoms with van der Waals surface area (Å²) >= 11 is 5.61. The van der Waals surface area contributed by atoms with E-state index in [0.717, 1.165) is 12.1 Å². The number of nitrogens with one attached hydrogen (secondary N) is 1. The SMILES string of the molecule is CC(CCCC(F)(F)F)Nc1cc(Cl)cc(C(F)(F)F)c1. The molecule has 1 atom stereocenters. The van der Waals surface area contributed by atoms with E-state index in [1.54, 1.807) is 6.92 Å². The Hall–Kier alpha value is -1.11. The molecule has 0 fully saturated rings. The molecule has 0 heterocycles. The van der Waals surface area contributed by atoms with E-state index in [1.807, 2.05) is 0 Å². The van der Waals surface area contributed by atoms with Crippen molar-refractivity contribution in [2.24, 2.45) is 0 Å². The molecule has 8 heteroatoms. The number of benzene rings is 1. The van der Waals surface area contributed by atoms with Crippen molar-refractivity contribution in [1.82, 2.24) is 0 Å². The minimum absolute atomic E-state index is 0.0881. The van der Waals surface area contributed by atoms with Crippen molar-refractivity contribution in [3.63, 3.8) is 0 Å². The Balaban J connectivity index is 2.64. The van der Waals surface area contributed by atoms with Gasteiger partial charge in [-0.2, -0.15) is 26.3 Å². The Morgan fingerprint density at radius 1 is 1.10 bits per heavy atom. The highest BCUT2D eigenvalue weighted by molar-refractivity contribution is 6.30. The van der Waals surface area contributed by atoms with Crippen LogP contribution in [0.1, 0.15) is 31.7 Å². The van der Waals surface area contributed by atoms with Gasteiger partial charge in [0.05, 0.1) is 5.56 Å². The average Bonchev–Trinajstić information content (AvgIpc) is 2.24. The van der Waals surface area contributed by atoms with Crippen molar-refractivity contribution < 1.29 is 26.3 Å². The second kappa shape index (κ2) is 6.77. The first kappa shape index (κ1) is 17.9. The molecule has 1 nitrogen and oxygen atoms in total. The zero-order chi connectivity index (χ0) is 16.3. The molecule has 1 aromatic rings. The number of hydrogen-bond acceptors (Lipinski definition) is 1. The molecule has 1 aromatic carbocycles. The number of alkyl halides is 6. The lowest BCUT2D eigenvalue weighted by Crippen LogP contribution is -2.17. The van der Waals surface area contributed by atoms with Gasteiger partial charge in [0.25, 0.3) is 0 Å². The van der Waals surface area contributed by atoms with Gasteiger partial charge in [0.2, 0.25) is 0 Å². The largest absolute Gasteiger partial charge is 0.416 e. The summed E-state index contributed by atoms with van der Waals surface area (Å²) in [6.07, 6.45) is -9.57. The summed E-state index contributed by atoms with van der Waals surface area (Å²) in [6, 6.07) is 2.58. The van der Waals surface area contributed by atoms with Crippen LogP contribution in [0, 0.1) is 0 Å². The van der Waals surface area contributed by atoms with Crippen molar-refractivity contribution >= 4 is 17.3 Å². The molecule has 1 unspecified atom stereocenters. The molecular formula is C13H14ClF6N. The van der Waals surface area contributed by atoms with Crippen LogP contribution >= 0.6 is 11.6 Å². The quantitative estimate of drug-likeness (QED) is 0.662. The maximum atomic E-state index is 12.6. The van der Waals surface area contributed by atoms with Gasteiger partial charge in [0.1, 0.15) is 0 Å².